The Morgan fingerprint density at radius 2 is 2.31 bits per heavy atom. The summed E-state index contributed by atoms with van der Waals surface area (Å²) in [6.07, 6.45) is 3.90. The van der Waals surface area contributed by atoms with Gasteiger partial charge in [-0.1, -0.05) is 24.3 Å². The Hall–Kier alpha value is -1.82. The zero-order valence-electron chi connectivity index (χ0n) is 9.10. The first-order valence-electron chi connectivity index (χ1n) is 5.52. The number of rotatable bonds is 3. The Bertz CT molecular complexity index is 422. The number of benzene rings is 1. The fourth-order valence-corrected chi connectivity index (χ4v) is 2.38. The molecule has 0 saturated heterocycles. The van der Waals surface area contributed by atoms with Crippen molar-refractivity contribution in [2.75, 3.05) is 6.54 Å². The molecule has 1 atom stereocenters. The highest BCUT2D eigenvalue weighted by Crippen LogP contribution is 2.33. The molecular formula is C13H14N2O. The van der Waals surface area contributed by atoms with Crippen molar-refractivity contribution in [3.8, 4) is 6.07 Å². The molecule has 82 valence electrons. The fourth-order valence-electron chi connectivity index (χ4n) is 2.38. The third kappa shape index (κ3) is 1.92. The molecule has 3 heteroatoms. The Labute approximate surface area is 95.3 Å². The topological polar surface area (TPSA) is 44.1 Å². The largest absolute Gasteiger partial charge is 0.325 e. The van der Waals surface area contributed by atoms with Gasteiger partial charge in [-0.05, 0) is 30.4 Å². The summed E-state index contributed by atoms with van der Waals surface area (Å²) in [6.45, 7) is 0.169. The standard InChI is InChI=1S/C13H14N2O/c14-8-9-15(10-16)13-7-3-5-11-4-1-2-6-12(11)13/h1-2,4,6,10,13H,3,5,7,9H2. The van der Waals surface area contributed by atoms with Gasteiger partial charge in [-0.25, -0.2) is 0 Å². The highest BCUT2D eigenvalue weighted by molar-refractivity contribution is 5.50. The predicted octanol–water partition coefficient (Wildman–Crippen LogP) is 2.05. The van der Waals surface area contributed by atoms with Crippen molar-refractivity contribution in [2.45, 2.75) is 25.3 Å². The van der Waals surface area contributed by atoms with Crippen molar-refractivity contribution >= 4 is 6.41 Å². The van der Waals surface area contributed by atoms with Crippen LogP contribution in [0.25, 0.3) is 0 Å². The molecule has 0 spiro atoms. The smallest absolute Gasteiger partial charge is 0.211 e. The van der Waals surface area contributed by atoms with E-state index in [9.17, 15) is 4.79 Å². The van der Waals surface area contributed by atoms with Gasteiger partial charge in [0.05, 0.1) is 12.1 Å². The lowest BCUT2D eigenvalue weighted by molar-refractivity contribution is -0.120. The Balaban J connectivity index is 2.30. The number of nitrogens with zero attached hydrogens (tertiary/aromatic N) is 2. The molecule has 1 aliphatic carbocycles. The first-order valence-corrected chi connectivity index (χ1v) is 5.52. The minimum absolute atomic E-state index is 0.0853. The molecule has 1 aromatic carbocycles. The van der Waals surface area contributed by atoms with Gasteiger partial charge in [0.15, 0.2) is 0 Å². The molecule has 0 radical (unpaired) electrons. The van der Waals surface area contributed by atoms with Gasteiger partial charge in [-0.15, -0.1) is 0 Å². The van der Waals surface area contributed by atoms with Gasteiger partial charge in [-0.2, -0.15) is 5.26 Å². The Morgan fingerprint density at radius 1 is 1.50 bits per heavy atom. The molecule has 1 amide bonds. The number of hydrogen-bond acceptors (Lipinski definition) is 2. The average Bonchev–Trinajstić information content (AvgIpc) is 2.35. The van der Waals surface area contributed by atoms with Crippen LogP contribution >= 0.6 is 0 Å². The van der Waals surface area contributed by atoms with Crippen LogP contribution < -0.4 is 0 Å². The lowest BCUT2D eigenvalue weighted by Crippen LogP contribution is -2.30. The van der Waals surface area contributed by atoms with Crippen LogP contribution in [0.5, 0.6) is 0 Å². The van der Waals surface area contributed by atoms with Crippen LogP contribution in [0.15, 0.2) is 24.3 Å². The van der Waals surface area contributed by atoms with Crippen LogP contribution in [0, 0.1) is 11.3 Å². The molecule has 3 nitrogen and oxygen atoms in total. The van der Waals surface area contributed by atoms with E-state index >= 15 is 0 Å². The van der Waals surface area contributed by atoms with Crippen LogP contribution in [-0.2, 0) is 11.2 Å². The van der Waals surface area contributed by atoms with Gasteiger partial charge in [-0.3, -0.25) is 4.79 Å². The van der Waals surface area contributed by atoms with Gasteiger partial charge in [0, 0.05) is 0 Å². The zero-order chi connectivity index (χ0) is 11.4. The lowest BCUT2D eigenvalue weighted by Gasteiger charge is -2.31. The van der Waals surface area contributed by atoms with Crippen molar-refractivity contribution in [3.63, 3.8) is 0 Å². The number of aryl methyl sites for hydroxylation is 1. The van der Waals surface area contributed by atoms with E-state index < -0.39 is 0 Å². The van der Waals surface area contributed by atoms with E-state index in [1.165, 1.54) is 11.1 Å². The van der Waals surface area contributed by atoms with Crippen molar-refractivity contribution in [3.05, 3.63) is 35.4 Å². The molecule has 1 aliphatic rings. The van der Waals surface area contributed by atoms with E-state index in [0.717, 1.165) is 25.7 Å². The van der Waals surface area contributed by atoms with Gasteiger partial charge in [0.25, 0.3) is 0 Å². The molecule has 16 heavy (non-hydrogen) atoms. The predicted molar refractivity (Wildman–Crippen MR) is 60.5 cm³/mol. The average molecular weight is 214 g/mol. The molecule has 1 unspecified atom stereocenters. The highest BCUT2D eigenvalue weighted by Gasteiger charge is 2.24. The first-order chi connectivity index (χ1) is 7.86. The summed E-state index contributed by atoms with van der Waals surface area (Å²) in [5.74, 6) is 0. The van der Waals surface area contributed by atoms with Crippen LogP contribution in [0.4, 0.5) is 0 Å². The van der Waals surface area contributed by atoms with Gasteiger partial charge < -0.3 is 4.90 Å². The van der Waals surface area contributed by atoms with E-state index in [2.05, 4.69) is 12.1 Å². The summed E-state index contributed by atoms with van der Waals surface area (Å²) >= 11 is 0. The number of fused-ring (bicyclic) bond motifs is 1. The fraction of sp³-hybridized carbons (Fsp3) is 0.385. The number of nitriles is 1. The number of amides is 1. The SMILES string of the molecule is N#CCN(C=O)C1CCCc2ccccc21. The van der Waals surface area contributed by atoms with E-state index in [-0.39, 0.29) is 12.6 Å². The second-order valence-electron chi connectivity index (χ2n) is 4.04. The molecule has 0 saturated carbocycles. The molecule has 0 N–H and O–H groups in total. The normalized spacial score (nSPS) is 18.3. The Morgan fingerprint density at radius 3 is 3.06 bits per heavy atom. The number of carbonyl (C=O) groups excluding carboxylic acids is 1. The van der Waals surface area contributed by atoms with E-state index in [4.69, 9.17) is 5.26 Å². The van der Waals surface area contributed by atoms with Crippen LogP contribution in [0.1, 0.15) is 30.0 Å². The molecular weight excluding hydrogens is 200 g/mol. The minimum Gasteiger partial charge on any atom is -0.325 e. The van der Waals surface area contributed by atoms with Crippen molar-refractivity contribution < 1.29 is 4.79 Å². The molecule has 0 fully saturated rings. The third-order valence-electron chi connectivity index (χ3n) is 3.13. The van der Waals surface area contributed by atoms with E-state index in [0.29, 0.717) is 0 Å². The zero-order valence-corrected chi connectivity index (χ0v) is 9.10. The first kappa shape index (κ1) is 10.7. The molecule has 2 rings (SSSR count). The maximum Gasteiger partial charge on any atom is 0.211 e. The van der Waals surface area contributed by atoms with Crippen molar-refractivity contribution in [1.29, 1.82) is 5.26 Å². The van der Waals surface area contributed by atoms with E-state index in [1.54, 1.807) is 4.90 Å². The summed E-state index contributed by atoms with van der Waals surface area (Å²) in [5, 5.41) is 8.70. The van der Waals surface area contributed by atoms with Gasteiger partial charge >= 0.3 is 0 Å². The molecule has 0 bridgehead atoms. The second-order valence-corrected chi connectivity index (χ2v) is 4.04. The lowest BCUT2D eigenvalue weighted by atomic mass is 9.87. The maximum atomic E-state index is 11.0. The van der Waals surface area contributed by atoms with Gasteiger partial charge in [0.1, 0.15) is 6.54 Å². The van der Waals surface area contributed by atoms with E-state index in [1.807, 2.05) is 18.2 Å². The highest BCUT2D eigenvalue weighted by atomic mass is 16.1. The monoisotopic (exact) mass is 214 g/mol. The molecule has 0 heterocycles. The van der Waals surface area contributed by atoms with Gasteiger partial charge in [0.2, 0.25) is 6.41 Å². The summed E-state index contributed by atoms with van der Waals surface area (Å²) in [6, 6.07) is 10.3. The molecule has 0 aromatic heterocycles. The molecule has 0 aliphatic heterocycles. The minimum atomic E-state index is 0.0853. The quantitative estimate of drug-likeness (QED) is 0.571. The number of hydrogen-bond donors (Lipinski definition) is 0. The number of carbonyl (C=O) groups is 1. The second kappa shape index (κ2) is 4.80. The van der Waals surface area contributed by atoms with Crippen LogP contribution in [0.3, 0.4) is 0 Å². The summed E-state index contributed by atoms with van der Waals surface area (Å²) in [7, 11) is 0. The maximum absolute atomic E-state index is 11.0. The summed E-state index contributed by atoms with van der Waals surface area (Å²) in [4.78, 5) is 12.6. The van der Waals surface area contributed by atoms with Crippen LogP contribution in [-0.4, -0.2) is 17.9 Å². The Kier molecular flexibility index (Phi) is 3.21. The summed E-state index contributed by atoms with van der Waals surface area (Å²) in [5.41, 5.74) is 2.51. The summed E-state index contributed by atoms with van der Waals surface area (Å²) < 4.78 is 0. The van der Waals surface area contributed by atoms with Crippen molar-refractivity contribution in [1.82, 2.24) is 4.90 Å². The van der Waals surface area contributed by atoms with Crippen LogP contribution in [0.2, 0.25) is 0 Å². The molecule has 1 aromatic rings. The van der Waals surface area contributed by atoms with Crippen molar-refractivity contribution in [2.24, 2.45) is 0 Å². The third-order valence-corrected chi connectivity index (χ3v) is 3.13.